The average molecular weight is 255 g/mol. The van der Waals surface area contributed by atoms with E-state index >= 15 is 0 Å². The highest BCUT2D eigenvalue weighted by atomic mass is 32.1. The normalized spacial score (nSPS) is 26.3. The van der Waals surface area contributed by atoms with Crippen LogP contribution in [0.25, 0.3) is 0 Å². The molecule has 0 bridgehead atoms. The molecular weight excluding hydrogens is 234 g/mol. The molecule has 1 N–H and O–H groups in total. The Morgan fingerprint density at radius 1 is 1.53 bits per heavy atom. The minimum atomic E-state index is 0.287. The molecule has 0 saturated carbocycles. The lowest BCUT2D eigenvalue weighted by Gasteiger charge is -2.10. The van der Waals surface area contributed by atoms with Crippen LogP contribution >= 0.6 is 11.3 Å². The fourth-order valence-corrected chi connectivity index (χ4v) is 3.17. The number of aromatic nitrogens is 2. The van der Waals surface area contributed by atoms with E-state index in [0.717, 1.165) is 36.0 Å². The van der Waals surface area contributed by atoms with Crippen molar-refractivity contribution in [1.29, 1.82) is 0 Å². The molecule has 2 heterocycles. The first-order valence-corrected chi connectivity index (χ1v) is 7.22. The molecule has 0 radical (unpaired) electrons. The molecule has 1 aromatic heterocycles. The smallest absolute Gasteiger partial charge is 0.134 e. The third kappa shape index (κ3) is 3.03. The standard InChI is InChI=1S/C12H21N3OS/c1-4-6-13-8(2)11-14-15-12(17-11)10-5-7-16-9(10)3/h8-10,13H,4-7H2,1-3H3. The summed E-state index contributed by atoms with van der Waals surface area (Å²) in [6.07, 6.45) is 2.51. The molecule has 2 rings (SSSR count). The van der Waals surface area contributed by atoms with Crippen molar-refractivity contribution in [2.45, 2.75) is 51.7 Å². The summed E-state index contributed by atoms with van der Waals surface area (Å²) < 4.78 is 5.58. The molecule has 1 saturated heterocycles. The molecule has 0 spiro atoms. The minimum Gasteiger partial charge on any atom is -0.378 e. The fourth-order valence-electron chi connectivity index (χ4n) is 2.08. The van der Waals surface area contributed by atoms with Gasteiger partial charge in [-0.3, -0.25) is 0 Å². The van der Waals surface area contributed by atoms with Crippen LogP contribution < -0.4 is 5.32 Å². The van der Waals surface area contributed by atoms with Gasteiger partial charge >= 0.3 is 0 Å². The van der Waals surface area contributed by atoms with Crippen LogP contribution in [0.1, 0.15) is 55.6 Å². The Bertz CT molecular complexity index is 355. The maximum atomic E-state index is 5.58. The second-order valence-electron chi connectivity index (χ2n) is 4.63. The van der Waals surface area contributed by atoms with Crippen LogP contribution in [0.5, 0.6) is 0 Å². The van der Waals surface area contributed by atoms with Crippen molar-refractivity contribution in [2.75, 3.05) is 13.2 Å². The molecular formula is C12H21N3OS. The van der Waals surface area contributed by atoms with Gasteiger partial charge in [0.2, 0.25) is 0 Å². The molecule has 0 aliphatic carbocycles. The molecule has 3 unspecified atom stereocenters. The number of rotatable bonds is 5. The molecule has 1 aliphatic rings. The van der Waals surface area contributed by atoms with E-state index in [-0.39, 0.29) is 6.10 Å². The predicted molar refractivity (Wildman–Crippen MR) is 69.4 cm³/mol. The second-order valence-corrected chi connectivity index (χ2v) is 5.67. The molecule has 5 heteroatoms. The zero-order valence-corrected chi connectivity index (χ0v) is 11.6. The first-order valence-electron chi connectivity index (χ1n) is 6.40. The first-order chi connectivity index (χ1) is 8.22. The van der Waals surface area contributed by atoms with Gasteiger partial charge in [0.15, 0.2) is 0 Å². The van der Waals surface area contributed by atoms with Gasteiger partial charge in [-0.15, -0.1) is 10.2 Å². The summed E-state index contributed by atoms with van der Waals surface area (Å²) in [4.78, 5) is 0. The minimum absolute atomic E-state index is 0.287. The third-order valence-corrected chi connectivity index (χ3v) is 4.46. The van der Waals surface area contributed by atoms with Gasteiger partial charge in [0.25, 0.3) is 0 Å². The third-order valence-electron chi connectivity index (χ3n) is 3.22. The van der Waals surface area contributed by atoms with E-state index in [1.54, 1.807) is 11.3 Å². The average Bonchev–Trinajstić information content (AvgIpc) is 2.93. The molecule has 4 nitrogen and oxygen atoms in total. The number of nitrogens with one attached hydrogen (secondary N) is 1. The van der Waals surface area contributed by atoms with Crippen molar-refractivity contribution >= 4 is 11.3 Å². The SMILES string of the molecule is CCCNC(C)c1nnc(C2CCOC2C)s1. The summed E-state index contributed by atoms with van der Waals surface area (Å²) in [5, 5.41) is 14.3. The summed E-state index contributed by atoms with van der Waals surface area (Å²) in [6.45, 7) is 8.32. The van der Waals surface area contributed by atoms with Gasteiger partial charge in [0.1, 0.15) is 10.0 Å². The van der Waals surface area contributed by atoms with Gasteiger partial charge in [0.05, 0.1) is 12.1 Å². The van der Waals surface area contributed by atoms with Gasteiger partial charge in [-0.2, -0.15) is 0 Å². The fraction of sp³-hybridized carbons (Fsp3) is 0.833. The van der Waals surface area contributed by atoms with Crippen LogP contribution in [0.3, 0.4) is 0 Å². The number of ether oxygens (including phenoxy) is 1. The molecule has 0 amide bonds. The lowest BCUT2D eigenvalue weighted by molar-refractivity contribution is 0.118. The van der Waals surface area contributed by atoms with E-state index in [1.165, 1.54) is 0 Å². The van der Waals surface area contributed by atoms with Crippen LogP contribution in [0.2, 0.25) is 0 Å². The van der Waals surface area contributed by atoms with E-state index in [0.29, 0.717) is 12.0 Å². The Kier molecular flexibility index (Phi) is 4.48. The zero-order valence-electron chi connectivity index (χ0n) is 10.8. The maximum Gasteiger partial charge on any atom is 0.134 e. The molecule has 1 aromatic rings. The number of hydrogen-bond acceptors (Lipinski definition) is 5. The molecule has 1 aliphatic heterocycles. The van der Waals surface area contributed by atoms with Gasteiger partial charge in [-0.25, -0.2) is 0 Å². The Balaban J connectivity index is 2.00. The Hall–Kier alpha value is -0.520. The maximum absolute atomic E-state index is 5.58. The number of hydrogen-bond donors (Lipinski definition) is 1. The monoisotopic (exact) mass is 255 g/mol. The van der Waals surface area contributed by atoms with Gasteiger partial charge in [-0.05, 0) is 33.2 Å². The van der Waals surface area contributed by atoms with E-state index < -0.39 is 0 Å². The predicted octanol–water partition coefficient (Wildman–Crippen LogP) is 2.49. The molecule has 17 heavy (non-hydrogen) atoms. The van der Waals surface area contributed by atoms with E-state index in [4.69, 9.17) is 4.74 Å². The summed E-state index contributed by atoms with van der Waals surface area (Å²) >= 11 is 1.73. The van der Waals surface area contributed by atoms with E-state index in [9.17, 15) is 0 Å². The lowest BCUT2D eigenvalue weighted by atomic mass is 10.0. The molecule has 0 aromatic carbocycles. The Morgan fingerprint density at radius 3 is 3.00 bits per heavy atom. The molecule has 3 atom stereocenters. The van der Waals surface area contributed by atoms with Crippen LogP contribution in [-0.4, -0.2) is 29.5 Å². The number of nitrogens with zero attached hydrogens (tertiary/aromatic N) is 2. The van der Waals surface area contributed by atoms with Gasteiger partial charge < -0.3 is 10.1 Å². The zero-order chi connectivity index (χ0) is 12.3. The largest absolute Gasteiger partial charge is 0.378 e. The van der Waals surface area contributed by atoms with Crippen LogP contribution in [0.4, 0.5) is 0 Å². The van der Waals surface area contributed by atoms with E-state index in [2.05, 4.69) is 36.3 Å². The van der Waals surface area contributed by atoms with Crippen LogP contribution in [0, 0.1) is 0 Å². The van der Waals surface area contributed by atoms with E-state index in [1.807, 2.05) is 0 Å². The quantitative estimate of drug-likeness (QED) is 0.878. The van der Waals surface area contributed by atoms with Crippen molar-refractivity contribution in [1.82, 2.24) is 15.5 Å². The highest BCUT2D eigenvalue weighted by molar-refractivity contribution is 7.11. The summed E-state index contributed by atoms with van der Waals surface area (Å²) in [5.74, 6) is 0.444. The van der Waals surface area contributed by atoms with Crippen molar-refractivity contribution in [2.24, 2.45) is 0 Å². The molecule has 96 valence electrons. The van der Waals surface area contributed by atoms with Crippen molar-refractivity contribution < 1.29 is 4.74 Å². The van der Waals surface area contributed by atoms with Crippen molar-refractivity contribution in [3.63, 3.8) is 0 Å². The first kappa shape index (κ1) is 12.9. The lowest BCUT2D eigenvalue weighted by Crippen LogP contribution is -2.19. The summed E-state index contributed by atoms with van der Waals surface area (Å²) in [5.41, 5.74) is 0. The topological polar surface area (TPSA) is 47.0 Å². The van der Waals surface area contributed by atoms with Crippen molar-refractivity contribution in [3.05, 3.63) is 10.0 Å². The van der Waals surface area contributed by atoms with Crippen LogP contribution in [0.15, 0.2) is 0 Å². The second kappa shape index (κ2) is 5.89. The van der Waals surface area contributed by atoms with Gasteiger partial charge in [0, 0.05) is 12.5 Å². The highest BCUT2D eigenvalue weighted by Crippen LogP contribution is 2.33. The molecule has 1 fully saturated rings. The van der Waals surface area contributed by atoms with Gasteiger partial charge in [-0.1, -0.05) is 18.3 Å². The van der Waals surface area contributed by atoms with Crippen LogP contribution in [-0.2, 0) is 4.74 Å². The Labute approximate surface area is 107 Å². The van der Waals surface area contributed by atoms with Crippen molar-refractivity contribution in [3.8, 4) is 0 Å². The Morgan fingerprint density at radius 2 is 2.35 bits per heavy atom. The summed E-state index contributed by atoms with van der Waals surface area (Å²) in [7, 11) is 0. The summed E-state index contributed by atoms with van der Waals surface area (Å²) in [6, 6.07) is 0.304. The highest BCUT2D eigenvalue weighted by Gasteiger charge is 2.29.